The number of hydrogen-bond donors (Lipinski definition) is 1. The highest BCUT2D eigenvalue weighted by atomic mass is 32.1. The Morgan fingerprint density at radius 2 is 2.05 bits per heavy atom. The lowest BCUT2D eigenvalue weighted by Crippen LogP contribution is -2.02. The van der Waals surface area contributed by atoms with Gasteiger partial charge in [-0.2, -0.15) is 0 Å². The van der Waals surface area contributed by atoms with Crippen molar-refractivity contribution in [3.8, 4) is 10.6 Å². The van der Waals surface area contributed by atoms with Crippen molar-refractivity contribution >= 4 is 17.3 Å². The van der Waals surface area contributed by atoms with Crippen molar-refractivity contribution in [1.82, 2.24) is 4.98 Å². The SMILES string of the molecule is O=C(O)Cc1csc(-c2ccc3c(c2)CCCC3)n1. The Morgan fingerprint density at radius 1 is 1.26 bits per heavy atom. The summed E-state index contributed by atoms with van der Waals surface area (Å²) >= 11 is 1.52. The number of aliphatic carboxylic acids is 1. The summed E-state index contributed by atoms with van der Waals surface area (Å²) in [5.74, 6) is -0.831. The minimum absolute atomic E-state index is 0.00143. The molecule has 98 valence electrons. The first-order valence-corrected chi connectivity index (χ1v) is 7.39. The van der Waals surface area contributed by atoms with Gasteiger partial charge in [0.05, 0.1) is 12.1 Å². The number of rotatable bonds is 3. The molecular weight excluding hydrogens is 258 g/mol. The van der Waals surface area contributed by atoms with Crippen LogP contribution in [-0.4, -0.2) is 16.1 Å². The summed E-state index contributed by atoms with van der Waals surface area (Å²) < 4.78 is 0. The number of carboxylic acid groups (broad SMARTS) is 1. The first-order valence-electron chi connectivity index (χ1n) is 6.51. The monoisotopic (exact) mass is 273 g/mol. The Labute approximate surface area is 115 Å². The van der Waals surface area contributed by atoms with Crippen LogP contribution in [0.3, 0.4) is 0 Å². The lowest BCUT2D eigenvalue weighted by molar-refractivity contribution is -0.136. The van der Waals surface area contributed by atoms with Crippen LogP contribution < -0.4 is 0 Å². The molecule has 0 saturated heterocycles. The van der Waals surface area contributed by atoms with Gasteiger partial charge in [0.15, 0.2) is 0 Å². The summed E-state index contributed by atoms with van der Waals surface area (Å²) in [6.07, 6.45) is 4.88. The molecule has 1 aromatic carbocycles. The Hall–Kier alpha value is -1.68. The number of hydrogen-bond acceptors (Lipinski definition) is 3. The largest absolute Gasteiger partial charge is 0.481 e. The average Bonchev–Trinajstić information content (AvgIpc) is 2.86. The van der Waals surface area contributed by atoms with Crippen LogP contribution in [0, 0.1) is 0 Å². The third-order valence-corrected chi connectivity index (χ3v) is 4.42. The standard InChI is InChI=1S/C15H15NO2S/c17-14(18)8-13-9-19-15(16-13)12-6-5-10-3-1-2-4-11(10)7-12/h5-7,9H,1-4,8H2,(H,17,18). The molecule has 1 aliphatic rings. The van der Waals surface area contributed by atoms with E-state index in [9.17, 15) is 4.79 Å². The van der Waals surface area contributed by atoms with E-state index < -0.39 is 5.97 Å². The Bertz CT molecular complexity index is 618. The zero-order chi connectivity index (χ0) is 13.2. The fourth-order valence-corrected chi connectivity index (χ4v) is 3.36. The van der Waals surface area contributed by atoms with Crippen molar-refractivity contribution in [3.05, 3.63) is 40.4 Å². The second-order valence-electron chi connectivity index (χ2n) is 4.91. The van der Waals surface area contributed by atoms with Gasteiger partial charge in [0.25, 0.3) is 0 Å². The smallest absolute Gasteiger partial charge is 0.309 e. The summed E-state index contributed by atoms with van der Waals surface area (Å²) in [6, 6.07) is 6.52. The first-order chi connectivity index (χ1) is 9.22. The molecular formula is C15H15NO2S. The second-order valence-corrected chi connectivity index (χ2v) is 5.76. The molecule has 1 heterocycles. The molecule has 0 bridgehead atoms. The quantitative estimate of drug-likeness (QED) is 0.933. The molecule has 0 fully saturated rings. The van der Waals surface area contributed by atoms with Crippen LogP contribution in [0.25, 0.3) is 10.6 Å². The van der Waals surface area contributed by atoms with E-state index in [0.717, 1.165) is 17.0 Å². The minimum Gasteiger partial charge on any atom is -0.481 e. The molecule has 0 amide bonds. The van der Waals surface area contributed by atoms with E-state index in [-0.39, 0.29) is 6.42 Å². The number of nitrogens with zero attached hydrogens (tertiary/aromatic N) is 1. The van der Waals surface area contributed by atoms with Gasteiger partial charge in [0.1, 0.15) is 5.01 Å². The minimum atomic E-state index is -0.831. The van der Waals surface area contributed by atoms with Gasteiger partial charge in [-0.15, -0.1) is 11.3 Å². The number of carboxylic acids is 1. The van der Waals surface area contributed by atoms with Crippen LogP contribution in [0.4, 0.5) is 0 Å². The number of fused-ring (bicyclic) bond motifs is 1. The van der Waals surface area contributed by atoms with E-state index in [1.54, 1.807) is 0 Å². The topological polar surface area (TPSA) is 50.2 Å². The fourth-order valence-electron chi connectivity index (χ4n) is 2.54. The fraction of sp³-hybridized carbons (Fsp3) is 0.333. The number of thiazole rings is 1. The molecule has 3 nitrogen and oxygen atoms in total. The van der Waals surface area contributed by atoms with Crippen LogP contribution >= 0.6 is 11.3 Å². The van der Waals surface area contributed by atoms with Gasteiger partial charge in [0, 0.05) is 10.9 Å². The van der Waals surface area contributed by atoms with Crippen LogP contribution in [0.5, 0.6) is 0 Å². The maximum absolute atomic E-state index is 10.7. The molecule has 0 unspecified atom stereocenters. The Kier molecular flexibility index (Phi) is 3.34. The highest BCUT2D eigenvalue weighted by molar-refractivity contribution is 7.13. The van der Waals surface area contributed by atoms with Crippen molar-refractivity contribution in [1.29, 1.82) is 0 Å². The van der Waals surface area contributed by atoms with Gasteiger partial charge in [-0.05, 0) is 42.9 Å². The molecule has 0 atom stereocenters. The van der Waals surface area contributed by atoms with Gasteiger partial charge in [-0.25, -0.2) is 4.98 Å². The van der Waals surface area contributed by atoms with Crippen LogP contribution in [-0.2, 0) is 24.1 Å². The normalized spacial score (nSPS) is 14.1. The molecule has 1 aromatic heterocycles. The van der Waals surface area contributed by atoms with Gasteiger partial charge < -0.3 is 5.11 Å². The zero-order valence-electron chi connectivity index (χ0n) is 10.6. The van der Waals surface area contributed by atoms with Crippen molar-refractivity contribution < 1.29 is 9.90 Å². The second kappa shape index (κ2) is 5.13. The Balaban J connectivity index is 1.89. The molecule has 0 saturated carbocycles. The van der Waals surface area contributed by atoms with Gasteiger partial charge in [-0.3, -0.25) is 4.79 Å². The molecule has 19 heavy (non-hydrogen) atoms. The predicted octanol–water partition coefficient (Wildman–Crippen LogP) is 3.32. The first kappa shape index (κ1) is 12.4. The van der Waals surface area contributed by atoms with E-state index in [2.05, 4.69) is 23.2 Å². The highest BCUT2D eigenvalue weighted by Crippen LogP contribution is 2.29. The molecule has 0 spiro atoms. The number of aryl methyl sites for hydroxylation is 2. The summed E-state index contributed by atoms with van der Waals surface area (Å²) in [4.78, 5) is 15.1. The Morgan fingerprint density at radius 3 is 2.84 bits per heavy atom. The number of carbonyl (C=O) groups is 1. The van der Waals surface area contributed by atoms with Gasteiger partial charge in [0.2, 0.25) is 0 Å². The summed E-state index contributed by atoms with van der Waals surface area (Å²) in [6.45, 7) is 0. The van der Waals surface area contributed by atoms with Gasteiger partial charge in [-0.1, -0.05) is 12.1 Å². The molecule has 0 radical (unpaired) electrons. The van der Waals surface area contributed by atoms with Crippen molar-refractivity contribution in [3.63, 3.8) is 0 Å². The van der Waals surface area contributed by atoms with Crippen molar-refractivity contribution in [2.45, 2.75) is 32.1 Å². The summed E-state index contributed by atoms with van der Waals surface area (Å²) in [7, 11) is 0. The predicted molar refractivity (Wildman–Crippen MR) is 75.5 cm³/mol. The summed E-state index contributed by atoms with van der Waals surface area (Å²) in [5, 5.41) is 11.5. The van der Waals surface area contributed by atoms with E-state index in [1.165, 1.54) is 41.7 Å². The van der Waals surface area contributed by atoms with Gasteiger partial charge >= 0.3 is 5.97 Å². The maximum atomic E-state index is 10.7. The molecule has 0 aliphatic heterocycles. The molecule has 2 aromatic rings. The molecule has 4 heteroatoms. The molecule has 3 rings (SSSR count). The zero-order valence-corrected chi connectivity index (χ0v) is 11.4. The lowest BCUT2D eigenvalue weighted by Gasteiger charge is -2.15. The summed E-state index contributed by atoms with van der Waals surface area (Å²) in [5.41, 5.74) is 4.64. The van der Waals surface area contributed by atoms with Crippen LogP contribution in [0.15, 0.2) is 23.6 Å². The van der Waals surface area contributed by atoms with Crippen molar-refractivity contribution in [2.75, 3.05) is 0 Å². The molecule has 1 N–H and O–H groups in total. The maximum Gasteiger partial charge on any atom is 0.309 e. The van der Waals surface area contributed by atoms with Crippen LogP contribution in [0.1, 0.15) is 29.7 Å². The lowest BCUT2D eigenvalue weighted by atomic mass is 9.90. The average molecular weight is 273 g/mol. The van der Waals surface area contributed by atoms with Crippen LogP contribution in [0.2, 0.25) is 0 Å². The van der Waals surface area contributed by atoms with E-state index in [4.69, 9.17) is 5.11 Å². The third kappa shape index (κ3) is 2.68. The van der Waals surface area contributed by atoms with E-state index in [1.807, 2.05) is 5.38 Å². The van der Waals surface area contributed by atoms with Crippen molar-refractivity contribution in [2.24, 2.45) is 0 Å². The van der Waals surface area contributed by atoms with E-state index in [0.29, 0.717) is 5.69 Å². The third-order valence-electron chi connectivity index (χ3n) is 3.48. The highest BCUT2D eigenvalue weighted by Gasteiger charge is 2.12. The molecule has 1 aliphatic carbocycles. The number of benzene rings is 1. The number of aromatic nitrogens is 1. The van der Waals surface area contributed by atoms with E-state index >= 15 is 0 Å².